The fourth-order valence-corrected chi connectivity index (χ4v) is 2.70. The molecule has 1 aliphatic heterocycles. The van der Waals surface area contributed by atoms with Gasteiger partial charge in [0.1, 0.15) is 0 Å². The number of anilines is 1. The zero-order valence-corrected chi connectivity index (χ0v) is 12.6. The van der Waals surface area contributed by atoms with E-state index in [1.807, 2.05) is 12.2 Å². The van der Waals surface area contributed by atoms with Gasteiger partial charge in [-0.25, -0.2) is 0 Å². The number of benzene rings is 1. The number of carbonyl (C=O) groups excluding carboxylic acids is 1. The van der Waals surface area contributed by atoms with Gasteiger partial charge >= 0.3 is 0 Å². The maximum Gasteiger partial charge on any atom is 0.186 e. The van der Waals surface area contributed by atoms with E-state index < -0.39 is 0 Å². The first-order valence-electron chi connectivity index (χ1n) is 6.98. The van der Waals surface area contributed by atoms with Crippen molar-refractivity contribution < 1.29 is 9.90 Å². The topological polar surface area (TPSA) is 40.5 Å². The van der Waals surface area contributed by atoms with E-state index >= 15 is 0 Å². The summed E-state index contributed by atoms with van der Waals surface area (Å²) in [6.07, 6.45) is 5.62. The summed E-state index contributed by atoms with van der Waals surface area (Å²) in [5.74, 6) is 0.723. The normalized spacial score (nSPS) is 16.8. The Balaban J connectivity index is 1.88. The van der Waals surface area contributed by atoms with Crippen LogP contribution in [0.15, 0.2) is 30.3 Å². The number of aliphatic hydroxyl groups excluding tert-OH is 1. The van der Waals surface area contributed by atoms with Crippen molar-refractivity contribution in [2.24, 2.45) is 0 Å². The zero-order valence-electron chi connectivity index (χ0n) is 11.8. The van der Waals surface area contributed by atoms with Crippen LogP contribution in [0.3, 0.4) is 0 Å². The van der Waals surface area contributed by atoms with E-state index in [1.54, 1.807) is 6.92 Å². The van der Waals surface area contributed by atoms with Gasteiger partial charge in [0.2, 0.25) is 0 Å². The van der Waals surface area contributed by atoms with Crippen molar-refractivity contribution in [1.29, 1.82) is 0 Å². The highest BCUT2D eigenvalue weighted by atomic mass is 32.2. The van der Waals surface area contributed by atoms with Gasteiger partial charge < -0.3 is 10.0 Å². The number of hydrogen-bond acceptors (Lipinski definition) is 4. The number of nitrogens with zero attached hydrogens (tertiary/aromatic N) is 1. The van der Waals surface area contributed by atoms with Gasteiger partial charge in [-0.05, 0) is 30.5 Å². The smallest absolute Gasteiger partial charge is 0.186 e. The Labute approximate surface area is 124 Å². The van der Waals surface area contributed by atoms with Crippen LogP contribution < -0.4 is 4.90 Å². The van der Waals surface area contributed by atoms with E-state index in [0.29, 0.717) is 0 Å². The summed E-state index contributed by atoms with van der Waals surface area (Å²) in [6, 6.07) is 8.43. The first-order valence-corrected chi connectivity index (χ1v) is 7.96. The molecule has 1 N–H and O–H groups in total. The molecule has 0 spiro atoms. The number of piperidine rings is 1. The van der Waals surface area contributed by atoms with Crippen LogP contribution in [0.4, 0.5) is 5.69 Å². The summed E-state index contributed by atoms with van der Waals surface area (Å²) in [5, 5.41) is 9.67. The lowest BCUT2D eigenvalue weighted by atomic mass is 10.1. The van der Waals surface area contributed by atoms with E-state index in [0.717, 1.165) is 37.2 Å². The lowest BCUT2D eigenvalue weighted by Crippen LogP contribution is -2.35. The largest absolute Gasteiger partial charge is 0.393 e. The molecule has 0 bridgehead atoms. The monoisotopic (exact) mass is 291 g/mol. The second kappa shape index (κ2) is 7.50. The molecule has 1 heterocycles. The van der Waals surface area contributed by atoms with Crippen LogP contribution in [-0.2, 0) is 4.79 Å². The Bertz CT molecular complexity index is 462. The van der Waals surface area contributed by atoms with Crippen LogP contribution in [0.5, 0.6) is 0 Å². The molecule has 0 unspecified atom stereocenters. The first-order chi connectivity index (χ1) is 9.65. The van der Waals surface area contributed by atoms with E-state index in [4.69, 9.17) is 0 Å². The Morgan fingerprint density at radius 1 is 1.35 bits per heavy atom. The number of carbonyl (C=O) groups is 1. The molecule has 1 saturated heterocycles. The third kappa shape index (κ3) is 4.69. The second-order valence-corrected chi connectivity index (χ2v) is 6.21. The molecular weight excluding hydrogens is 270 g/mol. The minimum absolute atomic E-state index is 0.132. The molecule has 0 aliphatic carbocycles. The van der Waals surface area contributed by atoms with Crippen LogP contribution in [0.1, 0.15) is 25.3 Å². The Morgan fingerprint density at radius 3 is 2.60 bits per heavy atom. The summed E-state index contributed by atoms with van der Waals surface area (Å²) >= 11 is 1.32. The van der Waals surface area contributed by atoms with Crippen molar-refractivity contribution in [2.75, 3.05) is 23.7 Å². The van der Waals surface area contributed by atoms with Crippen molar-refractivity contribution in [3.8, 4) is 0 Å². The summed E-state index contributed by atoms with van der Waals surface area (Å²) in [7, 11) is 0. The average Bonchev–Trinajstić information content (AvgIpc) is 2.45. The SMILES string of the molecule is CC(=O)SCC=Cc1ccc(N2CCC(O)CC2)cc1. The van der Waals surface area contributed by atoms with Crippen LogP contribution in [0, 0.1) is 0 Å². The molecule has 3 nitrogen and oxygen atoms in total. The van der Waals surface area contributed by atoms with Gasteiger partial charge in [0.25, 0.3) is 0 Å². The van der Waals surface area contributed by atoms with Gasteiger partial charge in [-0.3, -0.25) is 4.79 Å². The summed E-state index contributed by atoms with van der Waals surface area (Å²) in [5.41, 5.74) is 2.36. The molecule has 1 aromatic rings. The summed E-state index contributed by atoms with van der Waals surface area (Å²) in [6.45, 7) is 3.43. The number of thioether (sulfide) groups is 1. The van der Waals surface area contributed by atoms with E-state index in [-0.39, 0.29) is 11.2 Å². The van der Waals surface area contributed by atoms with Gasteiger partial charge in [0.05, 0.1) is 6.10 Å². The van der Waals surface area contributed by atoms with E-state index in [2.05, 4.69) is 29.2 Å². The highest BCUT2D eigenvalue weighted by Crippen LogP contribution is 2.21. The molecule has 1 aliphatic rings. The molecule has 20 heavy (non-hydrogen) atoms. The second-order valence-electron chi connectivity index (χ2n) is 5.01. The van der Waals surface area contributed by atoms with Crippen molar-refractivity contribution in [1.82, 2.24) is 0 Å². The van der Waals surface area contributed by atoms with Gasteiger partial charge in [0, 0.05) is 31.5 Å². The third-order valence-electron chi connectivity index (χ3n) is 3.42. The standard InChI is InChI=1S/C16H21NO2S/c1-13(18)20-12-2-3-14-4-6-15(7-5-14)17-10-8-16(19)9-11-17/h2-7,16,19H,8-12H2,1H3. The summed E-state index contributed by atoms with van der Waals surface area (Å²) < 4.78 is 0. The van der Waals surface area contributed by atoms with Crippen LogP contribution in [0.2, 0.25) is 0 Å². The van der Waals surface area contributed by atoms with E-state index in [1.165, 1.54) is 17.4 Å². The van der Waals surface area contributed by atoms with Crippen LogP contribution in [-0.4, -0.2) is 35.2 Å². The molecule has 1 fully saturated rings. The summed E-state index contributed by atoms with van der Waals surface area (Å²) in [4.78, 5) is 13.1. The van der Waals surface area contributed by atoms with Crippen molar-refractivity contribution in [2.45, 2.75) is 25.9 Å². The molecule has 1 aromatic carbocycles. The Morgan fingerprint density at radius 2 is 2.00 bits per heavy atom. The van der Waals surface area contributed by atoms with Gasteiger partial charge in [-0.1, -0.05) is 36.0 Å². The average molecular weight is 291 g/mol. The molecule has 4 heteroatoms. The molecular formula is C16H21NO2S. The van der Waals surface area contributed by atoms with Crippen molar-refractivity contribution in [3.05, 3.63) is 35.9 Å². The lowest BCUT2D eigenvalue weighted by Gasteiger charge is -2.31. The Hall–Kier alpha value is -1.26. The predicted octanol–water partition coefficient (Wildman–Crippen LogP) is 2.94. The predicted molar refractivity (Wildman–Crippen MR) is 86.1 cm³/mol. The highest BCUT2D eigenvalue weighted by Gasteiger charge is 2.16. The molecule has 0 saturated carbocycles. The zero-order chi connectivity index (χ0) is 14.4. The fourth-order valence-electron chi connectivity index (χ4n) is 2.27. The first kappa shape index (κ1) is 15.1. The number of hydrogen-bond donors (Lipinski definition) is 1. The minimum atomic E-state index is -0.132. The fraction of sp³-hybridized carbons (Fsp3) is 0.438. The Kier molecular flexibility index (Phi) is 5.68. The minimum Gasteiger partial charge on any atom is -0.393 e. The molecule has 0 radical (unpaired) electrons. The maximum atomic E-state index is 10.8. The van der Waals surface area contributed by atoms with Crippen molar-refractivity contribution in [3.63, 3.8) is 0 Å². The van der Waals surface area contributed by atoms with Crippen LogP contribution in [0.25, 0.3) is 6.08 Å². The highest BCUT2D eigenvalue weighted by molar-refractivity contribution is 8.13. The molecule has 0 aromatic heterocycles. The molecule has 2 rings (SSSR count). The number of rotatable bonds is 4. The quantitative estimate of drug-likeness (QED) is 0.926. The van der Waals surface area contributed by atoms with Gasteiger partial charge in [0.15, 0.2) is 5.12 Å². The molecule has 0 atom stereocenters. The third-order valence-corrected chi connectivity index (χ3v) is 4.18. The van der Waals surface area contributed by atoms with Crippen LogP contribution >= 0.6 is 11.8 Å². The van der Waals surface area contributed by atoms with E-state index in [9.17, 15) is 9.90 Å². The molecule has 0 amide bonds. The van der Waals surface area contributed by atoms with Gasteiger partial charge in [-0.2, -0.15) is 0 Å². The number of aliphatic hydroxyl groups is 1. The molecule has 108 valence electrons. The van der Waals surface area contributed by atoms with Gasteiger partial charge in [-0.15, -0.1) is 0 Å². The maximum absolute atomic E-state index is 10.8. The lowest BCUT2D eigenvalue weighted by molar-refractivity contribution is -0.109. The van der Waals surface area contributed by atoms with Crippen molar-refractivity contribution >= 4 is 28.6 Å².